The number of allylic oxidation sites excluding steroid dienone is 2. The van der Waals surface area contributed by atoms with Crippen LogP contribution >= 0.6 is 0 Å². The van der Waals surface area contributed by atoms with Crippen molar-refractivity contribution in [1.82, 2.24) is 9.88 Å². The molecule has 32 heavy (non-hydrogen) atoms. The minimum atomic E-state index is -0.371. The molecule has 4 nitrogen and oxygen atoms in total. The molecule has 4 heteroatoms. The minimum absolute atomic E-state index is 0.0256. The summed E-state index contributed by atoms with van der Waals surface area (Å²) in [5.74, 6) is 0.418. The SMILES string of the molecule is O=C1NCc2c3c4c5c(c21)c1ccccc1n5C1CC(=O)C2(C1)C(=C42)Cc1ccccc1-3. The first-order chi connectivity index (χ1) is 15.7. The fraction of sp³-hybridized carbons (Fsp3) is 0.214. The Kier molecular flexibility index (Phi) is 2.37. The lowest BCUT2D eigenvalue weighted by molar-refractivity contribution is -0.121. The molecule has 1 fully saturated rings. The van der Waals surface area contributed by atoms with Crippen LogP contribution in [-0.4, -0.2) is 16.3 Å². The van der Waals surface area contributed by atoms with E-state index in [-0.39, 0.29) is 17.4 Å². The third-order valence-corrected chi connectivity index (χ3v) is 8.79. The molecule has 3 heterocycles. The molecule has 1 spiro atoms. The predicted octanol–water partition coefficient (Wildman–Crippen LogP) is 4.93. The van der Waals surface area contributed by atoms with Gasteiger partial charge >= 0.3 is 0 Å². The number of ketones is 1. The van der Waals surface area contributed by atoms with Gasteiger partial charge in [-0.05, 0) is 52.3 Å². The lowest BCUT2D eigenvalue weighted by Crippen LogP contribution is -2.16. The molecular formula is C28H18N2O2. The summed E-state index contributed by atoms with van der Waals surface area (Å²) in [6, 6.07) is 17.2. The van der Waals surface area contributed by atoms with Gasteiger partial charge in [0.2, 0.25) is 0 Å². The van der Waals surface area contributed by atoms with Gasteiger partial charge in [0.25, 0.3) is 5.91 Å². The maximum Gasteiger partial charge on any atom is 0.252 e. The van der Waals surface area contributed by atoms with Gasteiger partial charge in [-0.1, -0.05) is 42.5 Å². The van der Waals surface area contributed by atoms with Crippen LogP contribution in [0.3, 0.4) is 0 Å². The summed E-state index contributed by atoms with van der Waals surface area (Å²) in [5, 5.41) is 5.34. The fourth-order valence-electron chi connectivity index (χ4n) is 7.64. The topological polar surface area (TPSA) is 51.1 Å². The van der Waals surface area contributed by atoms with Crippen LogP contribution in [0.4, 0.5) is 0 Å². The molecule has 3 aliphatic carbocycles. The molecule has 1 saturated carbocycles. The molecule has 0 saturated heterocycles. The van der Waals surface area contributed by atoms with Crippen LogP contribution in [-0.2, 0) is 17.8 Å². The van der Waals surface area contributed by atoms with Crippen molar-refractivity contribution in [3.05, 3.63) is 76.4 Å². The van der Waals surface area contributed by atoms with E-state index >= 15 is 0 Å². The average Bonchev–Trinajstić information content (AvgIpc) is 2.98. The number of hydrogen-bond acceptors (Lipinski definition) is 2. The number of carbonyl (C=O) groups excluding carboxylic acids is 2. The number of para-hydroxylation sites is 1. The second-order valence-electron chi connectivity index (χ2n) is 9.98. The number of amides is 1. The molecule has 2 unspecified atom stereocenters. The van der Waals surface area contributed by atoms with Crippen molar-refractivity contribution >= 4 is 39.1 Å². The Labute approximate surface area is 183 Å². The van der Waals surface area contributed by atoms with Crippen molar-refractivity contribution in [1.29, 1.82) is 0 Å². The summed E-state index contributed by atoms with van der Waals surface area (Å²) in [5.41, 5.74) is 11.4. The zero-order valence-corrected chi connectivity index (χ0v) is 17.3. The van der Waals surface area contributed by atoms with Gasteiger partial charge in [-0.15, -0.1) is 0 Å². The normalized spacial score (nSPS) is 25.7. The quantitative estimate of drug-likeness (QED) is 0.443. The van der Waals surface area contributed by atoms with Crippen LogP contribution in [0.1, 0.15) is 45.9 Å². The standard InChI is InChI=1S/C28H18N2O2/c31-20-10-14-11-28(20)18-9-13-5-1-2-6-15(13)21-17-12-29-27(32)23(17)22-16-7-3-4-8-19(16)30(14)26(22)24(21)25(18)28/h1-8,14H,9-12H2,(H,29,32). The second kappa shape index (κ2) is 4.73. The van der Waals surface area contributed by atoms with Crippen LogP contribution < -0.4 is 5.32 Å². The zero-order chi connectivity index (χ0) is 20.9. The van der Waals surface area contributed by atoms with E-state index in [0.717, 1.165) is 40.3 Å². The highest BCUT2D eigenvalue weighted by atomic mass is 16.2. The molecule has 152 valence electrons. The molecular weight excluding hydrogens is 396 g/mol. The van der Waals surface area contributed by atoms with Crippen molar-refractivity contribution in [2.45, 2.75) is 31.8 Å². The lowest BCUT2D eigenvalue weighted by atomic mass is 9.80. The zero-order valence-electron chi connectivity index (χ0n) is 17.3. The monoisotopic (exact) mass is 414 g/mol. The van der Waals surface area contributed by atoms with E-state index in [9.17, 15) is 9.59 Å². The van der Waals surface area contributed by atoms with Crippen LogP contribution in [0.25, 0.3) is 38.5 Å². The van der Waals surface area contributed by atoms with Gasteiger partial charge in [0.1, 0.15) is 5.78 Å². The Morgan fingerprint density at radius 1 is 0.969 bits per heavy atom. The molecule has 1 amide bonds. The molecule has 4 aromatic rings. The Balaban J connectivity index is 1.63. The van der Waals surface area contributed by atoms with Crippen molar-refractivity contribution in [2.75, 3.05) is 0 Å². The van der Waals surface area contributed by atoms with E-state index in [0.29, 0.717) is 18.7 Å². The van der Waals surface area contributed by atoms with Gasteiger partial charge < -0.3 is 9.88 Å². The number of benzene rings is 3. The number of rotatable bonds is 0. The molecule has 1 N–H and O–H groups in total. The molecule has 2 aliphatic heterocycles. The number of nitrogens with one attached hydrogen (secondary N) is 1. The first kappa shape index (κ1) is 16.0. The third kappa shape index (κ3) is 1.44. The third-order valence-electron chi connectivity index (χ3n) is 8.79. The average molecular weight is 414 g/mol. The highest BCUT2D eigenvalue weighted by Gasteiger charge is 2.66. The summed E-state index contributed by atoms with van der Waals surface area (Å²) in [4.78, 5) is 26.8. The van der Waals surface area contributed by atoms with E-state index in [1.807, 2.05) is 0 Å². The second-order valence-corrected chi connectivity index (χ2v) is 9.98. The summed E-state index contributed by atoms with van der Waals surface area (Å²) >= 11 is 0. The van der Waals surface area contributed by atoms with E-state index in [1.165, 1.54) is 38.9 Å². The lowest BCUT2D eigenvalue weighted by Gasteiger charge is -2.21. The molecule has 3 aromatic carbocycles. The number of Topliss-reactive ketones (excluding diaryl/α,β-unsaturated/α-hetero) is 1. The van der Waals surface area contributed by atoms with E-state index in [1.54, 1.807) is 0 Å². The highest BCUT2D eigenvalue weighted by molar-refractivity contribution is 6.29. The van der Waals surface area contributed by atoms with Gasteiger partial charge in [-0.2, -0.15) is 0 Å². The van der Waals surface area contributed by atoms with Crippen LogP contribution in [0.2, 0.25) is 0 Å². The van der Waals surface area contributed by atoms with Gasteiger partial charge in [0, 0.05) is 40.9 Å². The van der Waals surface area contributed by atoms with E-state index in [4.69, 9.17) is 0 Å². The molecule has 0 radical (unpaired) electrons. The summed E-state index contributed by atoms with van der Waals surface area (Å²) in [6.45, 7) is 0.549. The minimum Gasteiger partial charge on any atom is -0.348 e. The Bertz CT molecular complexity index is 1700. The first-order valence-electron chi connectivity index (χ1n) is 11.5. The molecule has 1 aromatic heterocycles. The first-order valence-corrected chi connectivity index (χ1v) is 11.5. The summed E-state index contributed by atoms with van der Waals surface area (Å²) in [7, 11) is 0. The Morgan fingerprint density at radius 2 is 1.81 bits per heavy atom. The number of carbonyl (C=O) groups is 2. The predicted molar refractivity (Wildman–Crippen MR) is 122 cm³/mol. The number of aromatic nitrogens is 1. The van der Waals surface area contributed by atoms with Crippen LogP contribution in [0, 0.1) is 5.41 Å². The largest absolute Gasteiger partial charge is 0.348 e. The highest BCUT2D eigenvalue weighted by Crippen LogP contribution is 2.73. The Hall–Kier alpha value is -3.66. The molecule has 9 rings (SSSR count). The molecule has 5 aliphatic rings. The maximum absolute atomic E-state index is 13.5. The number of hydrogen-bond donors (Lipinski definition) is 1. The van der Waals surface area contributed by atoms with Gasteiger partial charge in [0.05, 0.1) is 16.5 Å². The van der Waals surface area contributed by atoms with Gasteiger partial charge in [-0.3, -0.25) is 9.59 Å². The van der Waals surface area contributed by atoms with Crippen LogP contribution in [0.5, 0.6) is 0 Å². The van der Waals surface area contributed by atoms with Gasteiger partial charge in [0.15, 0.2) is 0 Å². The number of fused-ring (bicyclic) bond motifs is 10. The van der Waals surface area contributed by atoms with Crippen molar-refractivity contribution < 1.29 is 9.59 Å². The van der Waals surface area contributed by atoms with Crippen LogP contribution in [0.15, 0.2) is 54.1 Å². The smallest absolute Gasteiger partial charge is 0.252 e. The Morgan fingerprint density at radius 3 is 2.75 bits per heavy atom. The van der Waals surface area contributed by atoms with Gasteiger partial charge in [-0.25, -0.2) is 0 Å². The van der Waals surface area contributed by atoms with E-state index < -0.39 is 0 Å². The maximum atomic E-state index is 13.5. The number of nitrogens with zero attached hydrogens (tertiary/aromatic N) is 1. The molecule has 2 bridgehead atoms. The van der Waals surface area contributed by atoms with Crippen molar-refractivity contribution in [2.24, 2.45) is 5.41 Å². The fourth-order valence-corrected chi connectivity index (χ4v) is 7.64. The van der Waals surface area contributed by atoms with Crippen molar-refractivity contribution in [3.63, 3.8) is 0 Å². The van der Waals surface area contributed by atoms with E-state index in [2.05, 4.69) is 58.4 Å². The molecule has 2 atom stereocenters. The van der Waals surface area contributed by atoms with Crippen molar-refractivity contribution in [3.8, 4) is 11.1 Å². The summed E-state index contributed by atoms with van der Waals surface area (Å²) in [6.07, 6.45) is 2.30. The summed E-state index contributed by atoms with van der Waals surface area (Å²) < 4.78 is 2.42.